The average molecular weight is 524 g/mol. The van der Waals surface area contributed by atoms with Gasteiger partial charge in [0.2, 0.25) is 6.41 Å². The Kier molecular flexibility index (Phi) is 12.5. The van der Waals surface area contributed by atoms with Crippen molar-refractivity contribution in [3.8, 4) is 0 Å². The third-order valence-corrected chi connectivity index (χ3v) is 5.42. The Balaban J connectivity index is 0.000000218. The van der Waals surface area contributed by atoms with E-state index < -0.39 is 11.7 Å². The lowest BCUT2D eigenvalue weighted by Gasteiger charge is -2.06. The number of aryl methyl sites for hydroxylation is 2. The fourth-order valence-electron chi connectivity index (χ4n) is 3.29. The lowest BCUT2D eigenvalue weighted by molar-refractivity contribution is -0.137. The molecule has 0 spiro atoms. The van der Waals surface area contributed by atoms with Gasteiger partial charge in [0.1, 0.15) is 5.69 Å². The first-order valence-corrected chi connectivity index (χ1v) is 12.3. The summed E-state index contributed by atoms with van der Waals surface area (Å²) in [7, 11) is 0. The molecule has 0 bridgehead atoms. The number of amides is 2. The zero-order valence-electron chi connectivity index (χ0n) is 21.5. The first-order valence-electron chi connectivity index (χ1n) is 12.3. The molecule has 0 unspecified atom stereocenters. The summed E-state index contributed by atoms with van der Waals surface area (Å²) < 4.78 is 36.3. The van der Waals surface area contributed by atoms with E-state index >= 15 is 0 Å². The van der Waals surface area contributed by atoms with E-state index in [1.165, 1.54) is 17.7 Å². The van der Waals surface area contributed by atoms with Crippen molar-refractivity contribution in [2.45, 2.75) is 32.9 Å². The molecule has 0 radical (unpaired) electrons. The number of alkyl halides is 3. The molecule has 0 saturated carbocycles. The van der Waals surface area contributed by atoms with Gasteiger partial charge in [0.05, 0.1) is 5.56 Å². The predicted octanol–water partition coefficient (Wildman–Crippen LogP) is 6.23. The summed E-state index contributed by atoms with van der Waals surface area (Å²) in [5.41, 5.74) is 1.93. The minimum atomic E-state index is -4.22. The lowest BCUT2D eigenvalue weighted by Crippen LogP contribution is -2.31. The van der Waals surface area contributed by atoms with Crippen molar-refractivity contribution in [1.82, 2.24) is 15.6 Å². The quantitative estimate of drug-likeness (QED) is 0.223. The number of aromatic nitrogens is 1. The Bertz CT molecular complexity index is 1280. The summed E-state index contributed by atoms with van der Waals surface area (Å²) >= 11 is 0. The Morgan fingerprint density at radius 2 is 1.45 bits per heavy atom. The van der Waals surface area contributed by atoms with Gasteiger partial charge in [0, 0.05) is 24.7 Å². The Hall–Kier alpha value is -4.20. The number of hydrogen-bond acceptors (Lipinski definition) is 3. The van der Waals surface area contributed by atoms with E-state index in [-0.39, 0.29) is 5.91 Å². The molecule has 4 aromatic rings. The molecule has 4 rings (SSSR count). The number of carbonyl (C=O) groups excluding carboxylic acids is 2. The SMILES string of the molecule is CCc1cccc(C(F)(F)F)c1.CCc1ccccc1.O=CNCCNC(=O)c1cc2ccccc2cn1. The van der Waals surface area contributed by atoms with Gasteiger partial charge in [-0.05, 0) is 41.5 Å². The van der Waals surface area contributed by atoms with Crippen LogP contribution in [0.1, 0.15) is 41.0 Å². The molecule has 0 aliphatic rings. The number of fused-ring (bicyclic) bond motifs is 1. The van der Waals surface area contributed by atoms with Gasteiger partial charge in [-0.25, -0.2) is 0 Å². The monoisotopic (exact) mass is 523 g/mol. The summed E-state index contributed by atoms with van der Waals surface area (Å²) in [6.07, 6.45) is -0.176. The van der Waals surface area contributed by atoms with Crippen molar-refractivity contribution in [2.24, 2.45) is 0 Å². The van der Waals surface area contributed by atoms with Gasteiger partial charge in [-0.15, -0.1) is 0 Å². The molecule has 0 saturated heterocycles. The zero-order valence-corrected chi connectivity index (χ0v) is 21.5. The standard InChI is InChI=1S/C13H13N3O2.C9H9F3.C8H10/c17-9-14-5-6-15-13(18)12-7-10-3-1-2-4-11(10)8-16-12;1-2-7-4-3-5-8(6-7)9(10,11)12;1-2-8-6-4-3-5-7-8/h1-4,7-9H,5-6H2,(H,14,17)(H,15,18);3-6H,2H2,1H3;3-7H,2H2,1H3. The van der Waals surface area contributed by atoms with E-state index in [2.05, 4.69) is 46.8 Å². The molecule has 1 aromatic heterocycles. The summed E-state index contributed by atoms with van der Waals surface area (Å²) in [6.45, 7) is 4.78. The molecule has 0 aliphatic carbocycles. The molecule has 0 fully saturated rings. The number of pyridine rings is 1. The molecule has 0 aliphatic heterocycles. The van der Waals surface area contributed by atoms with Crippen LogP contribution in [-0.4, -0.2) is 30.4 Å². The van der Waals surface area contributed by atoms with E-state index in [0.29, 0.717) is 37.2 Å². The minimum Gasteiger partial charge on any atom is -0.357 e. The van der Waals surface area contributed by atoms with Crippen LogP contribution >= 0.6 is 0 Å². The highest BCUT2D eigenvalue weighted by atomic mass is 19.4. The largest absolute Gasteiger partial charge is 0.416 e. The van der Waals surface area contributed by atoms with Crippen LogP contribution in [0.25, 0.3) is 10.8 Å². The van der Waals surface area contributed by atoms with Crippen LogP contribution in [0.2, 0.25) is 0 Å². The molecule has 3 aromatic carbocycles. The van der Waals surface area contributed by atoms with Crippen LogP contribution in [0.5, 0.6) is 0 Å². The highest BCUT2D eigenvalue weighted by Crippen LogP contribution is 2.29. The second-order valence-electron chi connectivity index (χ2n) is 8.14. The second-order valence-corrected chi connectivity index (χ2v) is 8.14. The molecule has 8 heteroatoms. The van der Waals surface area contributed by atoms with Gasteiger partial charge in [0.25, 0.3) is 5.91 Å². The summed E-state index contributed by atoms with van der Waals surface area (Å²) in [5, 5.41) is 7.12. The van der Waals surface area contributed by atoms with Gasteiger partial charge in [-0.2, -0.15) is 13.2 Å². The van der Waals surface area contributed by atoms with Gasteiger partial charge in [-0.3, -0.25) is 14.6 Å². The number of carbonyl (C=O) groups is 2. The molecule has 200 valence electrons. The third-order valence-electron chi connectivity index (χ3n) is 5.42. The van der Waals surface area contributed by atoms with Crippen molar-refractivity contribution in [3.63, 3.8) is 0 Å². The van der Waals surface area contributed by atoms with Gasteiger partial charge >= 0.3 is 6.18 Å². The van der Waals surface area contributed by atoms with Crippen LogP contribution in [0.3, 0.4) is 0 Å². The molecule has 5 nitrogen and oxygen atoms in total. The van der Waals surface area contributed by atoms with E-state index in [4.69, 9.17) is 0 Å². The van der Waals surface area contributed by atoms with E-state index in [0.717, 1.165) is 23.3 Å². The smallest absolute Gasteiger partial charge is 0.357 e. The number of nitrogens with one attached hydrogen (secondary N) is 2. The van der Waals surface area contributed by atoms with Crippen LogP contribution < -0.4 is 10.6 Å². The number of benzene rings is 3. The normalized spacial score (nSPS) is 10.3. The van der Waals surface area contributed by atoms with Gasteiger partial charge < -0.3 is 10.6 Å². The van der Waals surface area contributed by atoms with Gasteiger partial charge in [0.15, 0.2) is 0 Å². The van der Waals surface area contributed by atoms with Crippen LogP contribution in [0.15, 0.2) is 91.1 Å². The summed E-state index contributed by atoms with van der Waals surface area (Å²) in [5.74, 6) is -0.242. The highest BCUT2D eigenvalue weighted by Gasteiger charge is 2.30. The minimum absolute atomic E-state index is 0.242. The first-order chi connectivity index (χ1) is 18.3. The van der Waals surface area contributed by atoms with Crippen LogP contribution in [0, 0.1) is 0 Å². The number of halogens is 3. The van der Waals surface area contributed by atoms with E-state index in [1.54, 1.807) is 18.3 Å². The molecule has 2 N–H and O–H groups in total. The van der Waals surface area contributed by atoms with Gasteiger partial charge in [-0.1, -0.05) is 86.6 Å². The molecule has 0 atom stereocenters. The van der Waals surface area contributed by atoms with Crippen molar-refractivity contribution in [3.05, 3.63) is 114 Å². The zero-order chi connectivity index (χ0) is 27.8. The first kappa shape index (κ1) is 30.0. The van der Waals surface area contributed by atoms with E-state index in [9.17, 15) is 22.8 Å². The summed E-state index contributed by atoms with van der Waals surface area (Å²) in [4.78, 5) is 25.9. The Labute approximate surface area is 221 Å². The average Bonchev–Trinajstić information content (AvgIpc) is 2.95. The number of rotatable bonds is 7. The fraction of sp³-hybridized carbons (Fsp3) is 0.233. The Morgan fingerprint density at radius 3 is 2.05 bits per heavy atom. The van der Waals surface area contributed by atoms with Crippen LogP contribution in [0.4, 0.5) is 13.2 Å². The lowest BCUT2D eigenvalue weighted by atomic mass is 10.1. The fourth-order valence-corrected chi connectivity index (χ4v) is 3.29. The summed E-state index contributed by atoms with van der Waals surface area (Å²) in [6, 6.07) is 25.3. The van der Waals surface area contributed by atoms with Crippen molar-refractivity contribution >= 4 is 23.1 Å². The Morgan fingerprint density at radius 1 is 0.816 bits per heavy atom. The molecule has 1 heterocycles. The predicted molar refractivity (Wildman–Crippen MR) is 145 cm³/mol. The van der Waals surface area contributed by atoms with E-state index in [1.807, 2.05) is 37.3 Å². The number of nitrogens with zero attached hydrogens (tertiary/aromatic N) is 1. The number of hydrogen-bond donors (Lipinski definition) is 2. The molecular formula is C30H32F3N3O2. The topological polar surface area (TPSA) is 71.1 Å². The van der Waals surface area contributed by atoms with Crippen molar-refractivity contribution in [1.29, 1.82) is 0 Å². The second kappa shape index (κ2) is 15.8. The van der Waals surface area contributed by atoms with Crippen molar-refractivity contribution < 1.29 is 22.8 Å². The molecule has 38 heavy (non-hydrogen) atoms. The molecule has 2 amide bonds. The maximum atomic E-state index is 12.1. The highest BCUT2D eigenvalue weighted by molar-refractivity contribution is 5.96. The maximum Gasteiger partial charge on any atom is 0.416 e. The maximum absolute atomic E-state index is 12.1. The van der Waals surface area contributed by atoms with Crippen LogP contribution in [-0.2, 0) is 23.8 Å². The third kappa shape index (κ3) is 10.4. The van der Waals surface area contributed by atoms with Crippen molar-refractivity contribution in [2.75, 3.05) is 13.1 Å². The molecular weight excluding hydrogens is 491 g/mol.